The molecule has 0 radical (unpaired) electrons. The molecule has 0 spiro atoms. The first-order valence-corrected chi connectivity index (χ1v) is 9.39. The molecule has 3 rings (SSSR count). The molecule has 138 valence electrons. The standard InChI is InChI=1S/C25H28NO/c1-18(2)23-17-21(13-16-24(23)27-5)25(19-9-7-6-8-10-19)20-11-14-22(15-12-20)26(3)4/h6-18H,1-5H3/q+1. The van der Waals surface area contributed by atoms with Gasteiger partial charge in [-0.1, -0.05) is 50.2 Å². The van der Waals surface area contributed by atoms with E-state index in [-0.39, 0.29) is 0 Å². The van der Waals surface area contributed by atoms with Crippen LogP contribution in [0.5, 0.6) is 5.75 Å². The Bertz CT molecular complexity index is 922. The molecule has 0 saturated carbocycles. The van der Waals surface area contributed by atoms with Crippen LogP contribution in [0.1, 0.15) is 36.5 Å². The molecule has 2 nitrogen and oxygen atoms in total. The summed E-state index contributed by atoms with van der Waals surface area (Å²) in [6, 6.07) is 17.1. The van der Waals surface area contributed by atoms with Gasteiger partial charge in [0.05, 0.1) is 7.11 Å². The topological polar surface area (TPSA) is 12.2 Å². The number of rotatable bonds is 4. The zero-order chi connectivity index (χ0) is 19.4. The van der Waals surface area contributed by atoms with E-state index >= 15 is 0 Å². The van der Waals surface area contributed by atoms with Gasteiger partial charge in [-0.05, 0) is 58.0 Å². The fraction of sp³-hybridized carbons (Fsp3) is 0.240. The third kappa shape index (κ3) is 4.11. The second-order valence-electron chi connectivity index (χ2n) is 7.29. The Morgan fingerprint density at radius 3 is 2.07 bits per heavy atom. The molecule has 0 bridgehead atoms. The first-order valence-electron chi connectivity index (χ1n) is 9.39. The first kappa shape index (κ1) is 18.9. The van der Waals surface area contributed by atoms with Gasteiger partial charge in [0.25, 0.3) is 0 Å². The first-order chi connectivity index (χ1) is 13.0. The average molecular weight is 359 g/mol. The van der Waals surface area contributed by atoms with Crippen molar-refractivity contribution >= 4 is 11.3 Å². The van der Waals surface area contributed by atoms with E-state index < -0.39 is 0 Å². The summed E-state index contributed by atoms with van der Waals surface area (Å²) >= 11 is 0. The molecule has 0 aromatic heterocycles. The fourth-order valence-electron chi connectivity index (χ4n) is 3.37. The van der Waals surface area contributed by atoms with E-state index in [1.807, 2.05) is 0 Å². The van der Waals surface area contributed by atoms with Gasteiger partial charge in [-0.3, -0.25) is 0 Å². The molecule has 0 unspecified atom stereocenters. The Labute approximate surface area is 162 Å². The lowest BCUT2D eigenvalue weighted by Gasteiger charge is -2.18. The van der Waals surface area contributed by atoms with E-state index in [9.17, 15) is 0 Å². The lowest BCUT2D eigenvalue weighted by Crippen LogP contribution is -2.10. The van der Waals surface area contributed by atoms with Gasteiger partial charge >= 0.3 is 0 Å². The molecule has 27 heavy (non-hydrogen) atoms. The quantitative estimate of drug-likeness (QED) is 0.661. The highest BCUT2D eigenvalue weighted by Gasteiger charge is 2.15. The Balaban J connectivity index is 2.21. The predicted molar refractivity (Wildman–Crippen MR) is 115 cm³/mol. The van der Waals surface area contributed by atoms with Crippen molar-refractivity contribution in [1.29, 1.82) is 0 Å². The van der Waals surface area contributed by atoms with Crippen molar-refractivity contribution in [3.05, 3.63) is 95.1 Å². The van der Waals surface area contributed by atoms with E-state index in [1.165, 1.54) is 33.5 Å². The number of methoxy groups -OCH3 is 1. The molecule has 0 fully saturated rings. The zero-order valence-electron chi connectivity index (χ0n) is 16.9. The van der Waals surface area contributed by atoms with Crippen LogP contribution in [0.4, 0.5) is 0 Å². The Morgan fingerprint density at radius 2 is 1.52 bits per heavy atom. The summed E-state index contributed by atoms with van der Waals surface area (Å²) in [6.45, 7) is 4.41. The van der Waals surface area contributed by atoms with Crippen LogP contribution in [0.25, 0.3) is 5.57 Å². The molecule has 0 saturated heterocycles. The van der Waals surface area contributed by atoms with Gasteiger partial charge in [-0.25, -0.2) is 4.58 Å². The van der Waals surface area contributed by atoms with E-state index in [1.54, 1.807) is 7.11 Å². The number of hydrogen-bond acceptors (Lipinski definition) is 1. The maximum atomic E-state index is 5.58. The minimum atomic E-state index is 0.396. The van der Waals surface area contributed by atoms with Crippen LogP contribution in [-0.4, -0.2) is 31.5 Å². The second-order valence-corrected chi connectivity index (χ2v) is 7.29. The Hall–Kier alpha value is -2.87. The third-order valence-electron chi connectivity index (χ3n) is 4.88. The molecule has 0 aliphatic heterocycles. The lowest BCUT2D eigenvalue weighted by atomic mass is 9.88. The van der Waals surface area contributed by atoms with Crippen LogP contribution >= 0.6 is 0 Å². The van der Waals surface area contributed by atoms with Gasteiger partial charge in [-0.2, -0.15) is 0 Å². The minimum Gasteiger partial charge on any atom is -0.496 e. The second kappa shape index (κ2) is 8.22. The lowest BCUT2D eigenvalue weighted by molar-refractivity contribution is -0.462. The average Bonchev–Trinajstić information content (AvgIpc) is 2.69. The summed E-state index contributed by atoms with van der Waals surface area (Å²) in [5, 5.41) is 0. The van der Waals surface area contributed by atoms with Crippen molar-refractivity contribution in [3.63, 3.8) is 0 Å². The molecule has 1 aliphatic carbocycles. The van der Waals surface area contributed by atoms with Gasteiger partial charge < -0.3 is 4.74 Å². The van der Waals surface area contributed by atoms with Gasteiger partial charge in [0.2, 0.25) is 0 Å². The Morgan fingerprint density at radius 1 is 0.852 bits per heavy atom. The molecule has 2 heteroatoms. The highest BCUT2D eigenvalue weighted by Crippen LogP contribution is 2.34. The van der Waals surface area contributed by atoms with Crippen molar-refractivity contribution in [2.75, 3.05) is 21.2 Å². The van der Waals surface area contributed by atoms with Crippen LogP contribution in [-0.2, 0) is 0 Å². The maximum absolute atomic E-state index is 5.58. The monoisotopic (exact) mass is 358 g/mol. The van der Waals surface area contributed by atoms with Crippen LogP contribution in [0, 0.1) is 0 Å². The summed E-state index contributed by atoms with van der Waals surface area (Å²) in [6.07, 6.45) is 8.75. The summed E-state index contributed by atoms with van der Waals surface area (Å²) in [5.41, 5.74) is 7.31. The highest BCUT2D eigenvalue weighted by atomic mass is 16.5. The molecular formula is C25H28NO+. The molecule has 0 heterocycles. The molecule has 1 aliphatic rings. The van der Waals surface area contributed by atoms with Crippen molar-refractivity contribution in [2.24, 2.45) is 0 Å². The van der Waals surface area contributed by atoms with Crippen LogP contribution in [0.2, 0.25) is 0 Å². The largest absolute Gasteiger partial charge is 0.496 e. The van der Waals surface area contributed by atoms with Crippen molar-refractivity contribution in [1.82, 2.24) is 0 Å². The Kier molecular flexibility index (Phi) is 5.75. The number of ether oxygens (including phenoxy) is 1. The normalized spacial score (nSPS) is 13.3. The maximum Gasteiger partial charge on any atom is 0.199 e. The zero-order valence-corrected chi connectivity index (χ0v) is 16.9. The van der Waals surface area contributed by atoms with Gasteiger partial charge in [0, 0.05) is 12.2 Å². The molecular weight excluding hydrogens is 330 g/mol. The number of allylic oxidation sites excluding steroid dienone is 5. The third-order valence-corrected chi connectivity index (χ3v) is 4.88. The van der Waals surface area contributed by atoms with E-state index in [4.69, 9.17) is 4.74 Å². The molecule has 0 amide bonds. The van der Waals surface area contributed by atoms with Crippen LogP contribution < -0.4 is 4.74 Å². The SMILES string of the molecule is COc1ccc(C(=C2C=CC(=[N+](C)C)C=C2)c2ccccc2)cc1C(C)C. The number of hydrogen-bond donors (Lipinski definition) is 0. The number of benzene rings is 2. The summed E-state index contributed by atoms with van der Waals surface area (Å²) in [7, 11) is 5.87. The highest BCUT2D eigenvalue weighted by molar-refractivity contribution is 6.03. The molecule has 0 atom stereocenters. The molecule has 2 aromatic carbocycles. The van der Waals surface area contributed by atoms with Crippen molar-refractivity contribution in [2.45, 2.75) is 19.8 Å². The minimum absolute atomic E-state index is 0.396. The summed E-state index contributed by atoms with van der Waals surface area (Å²) in [4.78, 5) is 0. The van der Waals surface area contributed by atoms with Gasteiger partial charge in [0.1, 0.15) is 19.8 Å². The molecule has 2 aromatic rings. The fourth-order valence-corrected chi connectivity index (χ4v) is 3.37. The van der Waals surface area contributed by atoms with E-state index in [0.29, 0.717) is 5.92 Å². The number of nitrogens with zero attached hydrogens (tertiary/aromatic N) is 1. The van der Waals surface area contributed by atoms with Gasteiger partial charge in [0.15, 0.2) is 5.71 Å². The van der Waals surface area contributed by atoms with Crippen LogP contribution in [0.15, 0.2) is 78.4 Å². The summed E-state index contributed by atoms with van der Waals surface area (Å²) < 4.78 is 7.70. The van der Waals surface area contributed by atoms with Gasteiger partial charge in [-0.15, -0.1) is 0 Å². The van der Waals surface area contributed by atoms with Crippen molar-refractivity contribution in [3.8, 4) is 5.75 Å². The smallest absolute Gasteiger partial charge is 0.199 e. The van der Waals surface area contributed by atoms with Crippen molar-refractivity contribution < 1.29 is 9.31 Å². The van der Waals surface area contributed by atoms with E-state index in [2.05, 4.69) is 105 Å². The van der Waals surface area contributed by atoms with Crippen LogP contribution in [0.3, 0.4) is 0 Å². The predicted octanol–water partition coefficient (Wildman–Crippen LogP) is 5.46. The summed E-state index contributed by atoms with van der Waals surface area (Å²) in [5.74, 6) is 1.34. The van der Waals surface area contributed by atoms with E-state index in [0.717, 1.165) is 5.75 Å². The molecule has 0 N–H and O–H groups in total.